The molecule has 233 valence electrons. The molecule has 1 radical (unpaired) electrons. The van der Waals surface area contributed by atoms with E-state index in [1.807, 2.05) is 53.8 Å². The van der Waals surface area contributed by atoms with E-state index in [1.54, 1.807) is 0 Å². The standard InChI is InChI=1S/C24H16NO.C15H28O2.Ir/c1-24(2)17-8-5-9-19-21(17)22-20(26-19)10-11-25-23(22)16-12-14-6-3-4-7-15(14)13-18(16)24;1-7-14(5,8-2)12(16)11-13(17)15(6,9-3)10-4;/h3-11,13H,1-2H3;11,16H,7-10H2,1-6H3;/q-1;;/b;12-11-;. The third kappa shape index (κ3) is 5.54. The van der Waals surface area contributed by atoms with Gasteiger partial charge < -0.3 is 9.52 Å². The van der Waals surface area contributed by atoms with Crippen molar-refractivity contribution in [2.75, 3.05) is 0 Å². The number of furan rings is 1. The molecule has 1 N–H and O–H groups in total. The molecule has 0 amide bonds. The van der Waals surface area contributed by atoms with Crippen LogP contribution in [0.15, 0.2) is 77.0 Å². The van der Waals surface area contributed by atoms with Gasteiger partial charge in [-0.25, -0.2) is 0 Å². The topological polar surface area (TPSA) is 63.3 Å². The van der Waals surface area contributed by atoms with Gasteiger partial charge >= 0.3 is 0 Å². The summed E-state index contributed by atoms with van der Waals surface area (Å²) < 4.78 is 6.15. The number of carbonyl (C=O) groups is 1. The van der Waals surface area contributed by atoms with Gasteiger partial charge in [0.1, 0.15) is 16.9 Å². The number of hydrogen-bond acceptors (Lipinski definition) is 4. The monoisotopic (exact) mass is 767 g/mol. The maximum atomic E-state index is 12.2. The molecule has 6 rings (SSSR count). The van der Waals surface area contributed by atoms with Gasteiger partial charge in [-0.1, -0.05) is 102 Å². The number of pyridine rings is 1. The van der Waals surface area contributed by atoms with Gasteiger partial charge in [0, 0.05) is 59.7 Å². The van der Waals surface area contributed by atoms with Gasteiger partial charge in [0.25, 0.3) is 0 Å². The van der Waals surface area contributed by atoms with E-state index >= 15 is 0 Å². The van der Waals surface area contributed by atoms with E-state index in [0.29, 0.717) is 0 Å². The van der Waals surface area contributed by atoms with Crippen LogP contribution in [0.25, 0.3) is 44.0 Å². The maximum Gasteiger partial charge on any atom is 0.164 e. The largest absolute Gasteiger partial charge is 0.512 e. The first-order chi connectivity index (χ1) is 20.4. The predicted octanol–water partition coefficient (Wildman–Crippen LogP) is 10.9. The van der Waals surface area contributed by atoms with Crippen molar-refractivity contribution in [3.63, 3.8) is 0 Å². The Hall–Kier alpha value is -3.27. The van der Waals surface area contributed by atoms with Gasteiger partial charge in [-0.3, -0.25) is 9.78 Å². The van der Waals surface area contributed by atoms with Gasteiger partial charge in [0.05, 0.1) is 0 Å². The van der Waals surface area contributed by atoms with Crippen molar-refractivity contribution in [2.24, 2.45) is 10.8 Å². The van der Waals surface area contributed by atoms with Gasteiger partial charge in [-0.05, 0) is 48.8 Å². The van der Waals surface area contributed by atoms with Crippen LogP contribution >= 0.6 is 0 Å². The molecule has 3 aromatic carbocycles. The normalized spacial score (nSPS) is 14.1. The summed E-state index contributed by atoms with van der Waals surface area (Å²) in [5.41, 5.74) is 5.64. The second kappa shape index (κ2) is 12.6. The number of allylic oxidation sites excluding steroid dienone is 2. The first kappa shape index (κ1) is 33.6. The van der Waals surface area contributed by atoms with Gasteiger partial charge in [-0.2, -0.15) is 0 Å². The maximum absolute atomic E-state index is 12.2. The van der Waals surface area contributed by atoms with Crippen LogP contribution in [-0.4, -0.2) is 15.9 Å². The van der Waals surface area contributed by atoms with Crippen LogP contribution in [0.3, 0.4) is 0 Å². The molecular weight excluding hydrogens is 723 g/mol. The van der Waals surface area contributed by atoms with Crippen LogP contribution in [0.2, 0.25) is 0 Å². The quantitative estimate of drug-likeness (QED) is 0.102. The minimum Gasteiger partial charge on any atom is -0.512 e. The molecule has 1 aliphatic carbocycles. The van der Waals surface area contributed by atoms with Gasteiger partial charge in [0.15, 0.2) is 5.78 Å². The van der Waals surface area contributed by atoms with Gasteiger partial charge in [0.2, 0.25) is 0 Å². The van der Waals surface area contributed by atoms with Crippen molar-refractivity contribution < 1.29 is 34.4 Å². The zero-order chi connectivity index (χ0) is 31.2. The van der Waals surface area contributed by atoms with Crippen molar-refractivity contribution in [3.8, 4) is 11.3 Å². The number of rotatable bonds is 7. The average molecular weight is 767 g/mol. The van der Waals surface area contributed by atoms with E-state index in [0.717, 1.165) is 58.9 Å². The summed E-state index contributed by atoms with van der Waals surface area (Å²) in [5, 5.41) is 14.8. The Labute approximate surface area is 275 Å². The molecule has 0 saturated carbocycles. The Balaban J connectivity index is 0.000000218. The molecule has 5 heteroatoms. The molecule has 0 fully saturated rings. The minimum absolute atomic E-state index is 0. The summed E-state index contributed by atoms with van der Waals surface area (Å²) in [7, 11) is 0. The van der Waals surface area contributed by atoms with E-state index in [2.05, 4.69) is 68.4 Å². The number of fused-ring (bicyclic) bond motifs is 3. The molecule has 2 aromatic heterocycles. The van der Waals surface area contributed by atoms with Crippen LogP contribution in [0.5, 0.6) is 0 Å². The number of aliphatic hydroxyl groups is 1. The number of benzene rings is 3. The van der Waals surface area contributed by atoms with Crippen molar-refractivity contribution in [3.05, 3.63) is 89.8 Å². The summed E-state index contributed by atoms with van der Waals surface area (Å²) in [6, 6.07) is 22.7. The number of carbonyl (C=O) groups excluding carboxylic acids is 1. The molecule has 44 heavy (non-hydrogen) atoms. The molecule has 0 bridgehead atoms. The summed E-state index contributed by atoms with van der Waals surface area (Å²) >= 11 is 0. The average Bonchev–Trinajstić information content (AvgIpc) is 3.39. The number of aliphatic hydroxyl groups excluding tert-OH is 1. The van der Waals surface area contributed by atoms with Crippen molar-refractivity contribution >= 4 is 38.5 Å². The molecule has 0 unspecified atom stereocenters. The third-order valence-electron chi connectivity index (χ3n) is 10.4. The van der Waals surface area contributed by atoms with Crippen molar-refractivity contribution in [2.45, 2.75) is 86.5 Å². The second-order valence-electron chi connectivity index (χ2n) is 13.0. The Morgan fingerprint density at radius 3 is 2.18 bits per heavy atom. The minimum atomic E-state index is -0.337. The third-order valence-corrected chi connectivity index (χ3v) is 10.4. The molecule has 4 nitrogen and oxygen atoms in total. The number of aromatic nitrogens is 1. The Morgan fingerprint density at radius 1 is 0.886 bits per heavy atom. The molecule has 0 spiro atoms. The van der Waals surface area contributed by atoms with Gasteiger partial charge in [-0.15, -0.1) is 23.6 Å². The number of ketones is 1. The van der Waals surface area contributed by atoms with E-state index in [1.165, 1.54) is 28.0 Å². The first-order valence-electron chi connectivity index (χ1n) is 15.7. The molecule has 5 aromatic rings. The van der Waals surface area contributed by atoms with Crippen LogP contribution < -0.4 is 0 Å². The van der Waals surface area contributed by atoms with Crippen LogP contribution in [0.1, 0.15) is 92.2 Å². The Kier molecular flexibility index (Phi) is 9.64. The molecule has 0 atom stereocenters. The Morgan fingerprint density at radius 2 is 1.52 bits per heavy atom. The van der Waals surface area contributed by atoms with Crippen molar-refractivity contribution in [1.29, 1.82) is 0 Å². The van der Waals surface area contributed by atoms with Crippen LogP contribution in [0.4, 0.5) is 0 Å². The van der Waals surface area contributed by atoms with E-state index in [4.69, 9.17) is 9.40 Å². The van der Waals surface area contributed by atoms with E-state index < -0.39 is 0 Å². The zero-order valence-electron chi connectivity index (χ0n) is 27.2. The van der Waals surface area contributed by atoms with E-state index in [-0.39, 0.29) is 47.9 Å². The summed E-state index contributed by atoms with van der Waals surface area (Å²) in [4.78, 5) is 17.0. The van der Waals surface area contributed by atoms with Crippen molar-refractivity contribution in [1.82, 2.24) is 4.98 Å². The number of nitrogens with zero attached hydrogens (tertiary/aromatic N) is 1. The first-order valence-corrected chi connectivity index (χ1v) is 15.7. The smallest absolute Gasteiger partial charge is 0.164 e. The van der Waals surface area contributed by atoms with Crippen LogP contribution in [-0.2, 0) is 30.3 Å². The zero-order valence-corrected chi connectivity index (χ0v) is 29.6. The SMILES string of the molecule is CC1(C)c2cc3ccccc3[c-]c2-c2nccc3oc4cccc1c4c23.CCC(C)(CC)C(=O)/C=C(\O)C(C)(CC)CC.[Ir]. The molecular formula is C39H44IrNO3-. The fourth-order valence-corrected chi connectivity index (χ4v) is 6.15. The summed E-state index contributed by atoms with van der Waals surface area (Å²) in [6.45, 7) is 16.7. The Bertz CT molecular complexity index is 1850. The molecule has 0 saturated heterocycles. The van der Waals surface area contributed by atoms with E-state index in [9.17, 15) is 9.90 Å². The second-order valence-corrected chi connectivity index (χ2v) is 13.0. The molecule has 1 aliphatic rings. The molecule has 0 aliphatic heterocycles. The fraction of sp³-hybridized carbons (Fsp3) is 0.385. The fourth-order valence-electron chi connectivity index (χ4n) is 6.15. The van der Waals surface area contributed by atoms with Crippen LogP contribution in [0, 0.1) is 16.9 Å². The summed E-state index contributed by atoms with van der Waals surface area (Å²) in [5.74, 6) is 0.286. The predicted molar refractivity (Wildman–Crippen MR) is 179 cm³/mol. The molecule has 2 heterocycles. The number of hydrogen-bond donors (Lipinski definition) is 1. The summed E-state index contributed by atoms with van der Waals surface area (Å²) in [6.07, 6.45) is 6.59.